The van der Waals surface area contributed by atoms with Gasteiger partial charge in [-0.05, 0) is 58.5 Å². The first-order valence-corrected chi connectivity index (χ1v) is 7.67. The van der Waals surface area contributed by atoms with Gasteiger partial charge in [0.25, 0.3) is 5.91 Å². The number of carbonyl (C=O) groups excluding carboxylic acids is 1. The Morgan fingerprint density at radius 2 is 2.04 bits per heavy atom. The molecule has 2 N–H and O–H groups in total. The molecule has 0 spiro atoms. The van der Waals surface area contributed by atoms with E-state index < -0.39 is 5.91 Å². The lowest BCUT2D eigenvalue weighted by Crippen LogP contribution is -2.13. The van der Waals surface area contributed by atoms with E-state index in [9.17, 15) is 15.2 Å². The van der Waals surface area contributed by atoms with Crippen LogP contribution in [0.3, 0.4) is 0 Å². The van der Waals surface area contributed by atoms with Crippen LogP contribution in [0.5, 0.6) is 11.5 Å². The van der Waals surface area contributed by atoms with Crippen LogP contribution >= 0.6 is 22.6 Å². The Balaban J connectivity index is 2.30. The highest BCUT2D eigenvalue weighted by Crippen LogP contribution is 2.33. The van der Waals surface area contributed by atoms with E-state index in [1.807, 2.05) is 34.7 Å². The third kappa shape index (κ3) is 4.23. The number of nitrogens with one attached hydrogen (secondary N) is 1. The van der Waals surface area contributed by atoms with Gasteiger partial charge in [0.2, 0.25) is 0 Å². The standard InChI is InChI=1S/C17H13IN2O3/c1-23-15-9-11(8-14(18)16(15)21)7-12(10-19)17(22)20-13-5-3-2-4-6-13/h2-9,21H,1H3,(H,20,22)/b12-7+. The summed E-state index contributed by atoms with van der Waals surface area (Å²) in [7, 11) is 1.44. The number of hydrogen-bond acceptors (Lipinski definition) is 4. The first kappa shape index (κ1) is 16.8. The van der Waals surface area contributed by atoms with Gasteiger partial charge in [-0.15, -0.1) is 0 Å². The minimum Gasteiger partial charge on any atom is -0.504 e. The van der Waals surface area contributed by atoms with Gasteiger partial charge in [-0.25, -0.2) is 0 Å². The highest BCUT2D eigenvalue weighted by molar-refractivity contribution is 14.1. The van der Waals surface area contributed by atoms with Crippen LogP contribution in [0.15, 0.2) is 48.0 Å². The van der Waals surface area contributed by atoms with Gasteiger partial charge < -0.3 is 15.2 Å². The molecule has 0 fully saturated rings. The number of anilines is 1. The molecule has 0 aliphatic heterocycles. The summed E-state index contributed by atoms with van der Waals surface area (Å²) < 4.78 is 5.63. The summed E-state index contributed by atoms with van der Waals surface area (Å²) in [5.41, 5.74) is 1.15. The molecule has 2 aromatic carbocycles. The number of ether oxygens (including phenoxy) is 1. The summed E-state index contributed by atoms with van der Waals surface area (Å²) in [6.07, 6.45) is 1.45. The van der Waals surface area contributed by atoms with E-state index in [1.54, 1.807) is 36.4 Å². The smallest absolute Gasteiger partial charge is 0.266 e. The Kier molecular flexibility index (Phi) is 5.60. The monoisotopic (exact) mass is 420 g/mol. The van der Waals surface area contributed by atoms with Crippen molar-refractivity contribution >= 4 is 40.3 Å². The fourth-order valence-electron chi connectivity index (χ4n) is 1.87. The maximum Gasteiger partial charge on any atom is 0.266 e. The van der Waals surface area contributed by atoms with Crippen molar-refractivity contribution in [2.75, 3.05) is 12.4 Å². The summed E-state index contributed by atoms with van der Waals surface area (Å²) in [6, 6.07) is 14.0. The van der Waals surface area contributed by atoms with E-state index in [1.165, 1.54) is 13.2 Å². The molecule has 0 unspecified atom stereocenters. The molecule has 5 nitrogen and oxygen atoms in total. The van der Waals surface area contributed by atoms with Crippen molar-refractivity contribution in [3.8, 4) is 17.6 Å². The third-order valence-electron chi connectivity index (χ3n) is 2.98. The lowest BCUT2D eigenvalue weighted by molar-refractivity contribution is -0.112. The van der Waals surface area contributed by atoms with E-state index in [2.05, 4.69) is 5.32 Å². The third-order valence-corrected chi connectivity index (χ3v) is 3.80. The minimum atomic E-state index is -0.499. The fraction of sp³-hybridized carbons (Fsp3) is 0.0588. The molecule has 2 rings (SSSR count). The zero-order valence-corrected chi connectivity index (χ0v) is 14.4. The van der Waals surface area contributed by atoms with E-state index >= 15 is 0 Å². The number of amides is 1. The Morgan fingerprint density at radius 1 is 1.35 bits per heavy atom. The maximum absolute atomic E-state index is 12.2. The van der Waals surface area contributed by atoms with E-state index in [4.69, 9.17) is 4.74 Å². The Morgan fingerprint density at radius 3 is 2.65 bits per heavy atom. The molecule has 1 amide bonds. The van der Waals surface area contributed by atoms with Crippen LogP contribution in [0.1, 0.15) is 5.56 Å². The predicted molar refractivity (Wildman–Crippen MR) is 96.0 cm³/mol. The number of nitriles is 1. The second kappa shape index (κ2) is 7.65. The molecule has 0 atom stereocenters. The molecule has 0 aliphatic carbocycles. The largest absolute Gasteiger partial charge is 0.504 e. The number of aromatic hydroxyl groups is 1. The molecule has 116 valence electrons. The first-order valence-electron chi connectivity index (χ1n) is 6.60. The van der Waals surface area contributed by atoms with Gasteiger partial charge in [-0.2, -0.15) is 5.26 Å². The Labute approximate surface area is 147 Å². The van der Waals surface area contributed by atoms with Gasteiger partial charge in [0, 0.05) is 5.69 Å². The Hall–Kier alpha value is -2.53. The number of rotatable bonds is 4. The summed E-state index contributed by atoms with van der Waals surface area (Å²) >= 11 is 1.95. The number of nitrogens with zero attached hydrogens (tertiary/aromatic N) is 1. The average molecular weight is 420 g/mol. The fourth-order valence-corrected chi connectivity index (χ4v) is 2.49. The number of para-hydroxylation sites is 1. The summed E-state index contributed by atoms with van der Waals surface area (Å²) in [6.45, 7) is 0. The molecule has 6 heteroatoms. The number of phenols is 1. The number of hydrogen-bond donors (Lipinski definition) is 2. The number of benzene rings is 2. The van der Waals surface area contributed by atoms with Gasteiger partial charge in [-0.3, -0.25) is 4.79 Å². The van der Waals surface area contributed by atoms with Crippen LogP contribution in [0.4, 0.5) is 5.69 Å². The summed E-state index contributed by atoms with van der Waals surface area (Å²) in [5.74, 6) is -0.192. The number of carbonyl (C=O) groups is 1. The van der Waals surface area contributed by atoms with Crippen molar-refractivity contribution in [2.24, 2.45) is 0 Å². The van der Waals surface area contributed by atoms with E-state index in [0.717, 1.165) is 0 Å². The molecule has 2 aromatic rings. The molecule has 0 aromatic heterocycles. The van der Waals surface area contributed by atoms with Gasteiger partial charge in [0.15, 0.2) is 11.5 Å². The SMILES string of the molecule is COc1cc(/C=C(\C#N)C(=O)Nc2ccccc2)cc(I)c1O. The number of phenolic OH excluding ortho intramolecular Hbond substituents is 1. The molecule has 0 heterocycles. The molecule has 0 saturated heterocycles. The van der Waals surface area contributed by atoms with Gasteiger partial charge in [0.1, 0.15) is 11.6 Å². The minimum absolute atomic E-state index is 0.0255. The highest BCUT2D eigenvalue weighted by Gasteiger charge is 2.12. The lowest BCUT2D eigenvalue weighted by Gasteiger charge is -2.07. The van der Waals surface area contributed by atoms with E-state index in [-0.39, 0.29) is 17.1 Å². The first-order chi connectivity index (χ1) is 11.0. The molecule has 0 bridgehead atoms. The van der Waals surface area contributed by atoms with Gasteiger partial charge >= 0.3 is 0 Å². The van der Waals surface area contributed by atoms with Crippen LogP contribution in [0.25, 0.3) is 6.08 Å². The molecule has 0 aliphatic rings. The van der Waals surface area contributed by atoms with Crippen molar-refractivity contribution in [1.29, 1.82) is 5.26 Å². The zero-order chi connectivity index (χ0) is 16.8. The predicted octanol–water partition coefficient (Wildman–Crippen LogP) is 3.55. The maximum atomic E-state index is 12.2. The molecular formula is C17H13IN2O3. The molecule has 0 radical (unpaired) electrons. The molecule has 0 saturated carbocycles. The van der Waals surface area contributed by atoms with Crippen LogP contribution in [-0.2, 0) is 4.79 Å². The average Bonchev–Trinajstić information content (AvgIpc) is 2.56. The van der Waals surface area contributed by atoms with Crippen molar-refractivity contribution in [1.82, 2.24) is 0 Å². The zero-order valence-electron chi connectivity index (χ0n) is 12.2. The summed E-state index contributed by atoms with van der Waals surface area (Å²) in [4.78, 5) is 12.2. The number of halogens is 1. The van der Waals surface area contributed by atoms with Gasteiger partial charge in [0.05, 0.1) is 10.7 Å². The Bertz CT molecular complexity index is 795. The topological polar surface area (TPSA) is 82.3 Å². The molecular weight excluding hydrogens is 407 g/mol. The normalized spacial score (nSPS) is 10.7. The van der Waals surface area contributed by atoms with Crippen LogP contribution in [-0.4, -0.2) is 18.1 Å². The van der Waals surface area contributed by atoms with Crippen molar-refractivity contribution in [3.63, 3.8) is 0 Å². The second-order valence-electron chi connectivity index (χ2n) is 4.54. The second-order valence-corrected chi connectivity index (χ2v) is 5.71. The number of methoxy groups -OCH3 is 1. The highest BCUT2D eigenvalue weighted by atomic mass is 127. The molecule has 23 heavy (non-hydrogen) atoms. The van der Waals surface area contributed by atoms with Crippen molar-refractivity contribution < 1.29 is 14.6 Å². The quantitative estimate of drug-likeness (QED) is 0.450. The van der Waals surface area contributed by atoms with Crippen LogP contribution in [0.2, 0.25) is 0 Å². The van der Waals surface area contributed by atoms with Crippen LogP contribution in [0, 0.1) is 14.9 Å². The van der Waals surface area contributed by atoms with Crippen molar-refractivity contribution in [3.05, 3.63) is 57.2 Å². The summed E-state index contributed by atoms with van der Waals surface area (Å²) in [5, 5.41) is 21.7. The van der Waals surface area contributed by atoms with Crippen molar-refractivity contribution in [2.45, 2.75) is 0 Å². The van der Waals surface area contributed by atoms with E-state index in [0.29, 0.717) is 14.8 Å². The lowest BCUT2D eigenvalue weighted by atomic mass is 10.1. The van der Waals surface area contributed by atoms with Crippen LogP contribution < -0.4 is 10.1 Å². The van der Waals surface area contributed by atoms with Gasteiger partial charge in [-0.1, -0.05) is 18.2 Å².